The molecule has 2 aromatic heterocycles. The SMILES string of the molecule is CSc1ccccc1NC(=O)CSc1nnc(CCc2nc3ccccc3[nH]2)o1. The zero-order valence-corrected chi connectivity index (χ0v) is 17.3. The van der Waals surface area contributed by atoms with Gasteiger partial charge in [-0.2, -0.15) is 0 Å². The number of thioether (sulfide) groups is 2. The predicted octanol–water partition coefficient (Wildman–Crippen LogP) is 4.18. The minimum atomic E-state index is -0.112. The fourth-order valence-electron chi connectivity index (χ4n) is 2.81. The minimum absolute atomic E-state index is 0.112. The van der Waals surface area contributed by atoms with Crippen molar-refractivity contribution in [3.05, 3.63) is 60.2 Å². The van der Waals surface area contributed by atoms with E-state index in [0.717, 1.165) is 27.4 Å². The summed E-state index contributed by atoms with van der Waals surface area (Å²) in [6, 6.07) is 15.6. The summed E-state index contributed by atoms with van der Waals surface area (Å²) in [7, 11) is 0. The molecule has 0 radical (unpaired) electrons. The van der Waals surface area contributed by atoms with Crippen molar-refractivity contribution in [1.29, 1.82) is 0 Å². The smallest absolute Gasteiger partial charge is 0.277 e. The summed E-state index contributed by atoms with van der Waals surface area (Å²) < 4.78 is 5.64. The van der Waals surface area contributed by atoms with Crippen LogP contribution in [0.2, 0.25) is 0 Å². The van der Waals surface area contributed by atoms with Gasteiger partial charge in [-0.3, -0.25) is 4.79 Å². The van der Waals surface area contributed by atoms with Crippen LogP contribution in [0.3, 0.4) is 0 Å². The summed E-state index contributed by atoms with van der Waals surface area (Å²) in [5, 5.41) is 11.4. The molecular weight excluding hydrogens is 406 g/mol. The highest BCUT2D eigenvalue weighted by Crippen LogP contribution is 2.25. The number of imidazole rings is 1. The number of H-pyrrole nitrogens is 1. The molecule has 7 nitrogen and oxygen atoms in total. The molecule has 0 fully saturated rings. The van der Waals surface area contributed by atoms with Crippen molar-refractivity contribution in [2.75, 3.05) is 17.3 Å². The van der Waals surface area contributed by atoms with Gasteiger partial charge < -0.3 is 14.7 Å². The number of nitrogens with one attached hydrogen (secondary N) is 2. The first-order valence-electron chi connectivity index (χ1n) is 9.03. The van der Waals surface area contributed by atoms with E-state index in [9.17, 15) is 4.79 Å². The van der Waals surface area contributed by atoms with Crippen molar-refractivity contribution in [3.8, 4) is 0 Å². The van der Waals surface area contributed by atoms with E-state index in [1.807, 2.05) is 54.8 Å². The second-order valence-corrected chi connectivity index (χ2v) is 7.97. The number of carbonyl (C=O) groups is 1. The number of amides is 1. The third-order valence-electron chi connectivity index (χ3n) is 4.17. The zero-order valence-electron chi connectivity index (χ0n) is 15.7. The Labute approximate surface area is 176 Å². The Kier molecular flexibility index (Phi) is 6.16. The molecule has 2 N–H and O–H groups in total. The number of aromatic nitrogens is 4. The molecule has 148 valence electrons. The van der Waals surface area contributed by atoms with Gasteiger partial charge in [0.15, 0.2) is 0 Å². The summed E-state index contributed by atoms with van der Waals surface area (Å²) in [5.74, 6) is 1.50. The lowest BCUT2D eigenvalue weighted by Gasteiger charge is -2.08. The Bertz CT molecular complexity index is 1090. The van der Waals surface area contributed by atoms with Gasteiger partial charge in [-0.25, -0.2) is 4.98 Å². The first-order chi connectivity index (χ1) is 14.2. The largest absolute Gasteiger partial charge is 0.416 e. The standard InChI is InChI=1S/C20H19N5O2S2/c1-28-16-9-5-4-8-15(16)23-18(26)12-29-20-25-24-19(27-20)11-10-17-21-13-6-2-3-7-14(13)22-17/h2-9H,10-12H2,1H3,(H,21,22)(H,23,26). The van der Waals surface area contributed by atoms with Gasteiger partial charge in [-0.1, -0.05) is 36.0 Å². The number of benzene rings is 2. The topological polar surface area (TPSA) is 96.7 Å². The van der Waals surface area contributed by atoms with Crippen molar-refractivity contribution in [3.63, 3.8) is 0 Å². The quantitative estimate of drug-likeness (QED) is 0.409. The molecule has 1 amide bonds. The highest BCUT2D eigenvalue weighted by molar-refractivity contribution is 7.99. The summed E-state index contributed by atoms with van der Waals surface area (Å²) >= 11 is 2.81. The van der Waals surface area contributed by atoms with E-state index in [0.29, 0.717) is 24.0 Å². The Balaban J connectivity index is 1.28. The Morgan fingerprint density at radius 1 is 1.10 bits per heavy atom. The maximum absolute atomic E-state index is 12.2. The van der Waals surface area contributed by atoms with Crippen LogP contribution in [-0.4, -0.2) is 38.1 Å². The van der Waals surface area contributed by atoms with E-state index in [1.165, 1.54) is 11.8 Å². The number of aromatic amines is 1. The van der Waals surface area contributed by atoms with Gasteiger partial charge >= 0.3 is 0 Å². The van der Waals surface area contributed by atoms with E-state index >= 15 is 0 Å². The van der Waals surface area contributed by atoms with Crippen molar-refractivity contribution in [2.24, 2.45) is 0 Å². The van der Waals surface area contributed by atoms with Gasteiger partial charge in [0, 0.05) is 17.7 Å². The van der Waals surface area contributed by atoms with E-state index in [4.69, 9.17) is 4.42 Å². The lowest BCUT2D eigenvalue weighted by molar-refractivity contribution is -0.113. The number of hydrogen-bond acceptors (Lipinski definition) is 7. The lowest BCUT2D eigenvalue weighted by atomic mass is 10.3. The highest BCUT2D eigenvalue weighted by Gasteiger charge is 2.12. The molecule has 0 aliphatic heterocycles. The molecule has 0 saturated carbocycles. The van der Waals surface area contributed by atoms with E-state index in [1.54, 1.807) is 11.8 Å². The van der Waals surface area contributed by atoms with E-state index < -0.39 is 0 Å². The molecular formula is C20H19N5O2S2. The molecule has 4 aromatic rings. The average Bonchev–Trinajstić information content (AvgIpc) is 3.37. The molecule has 0 atom stereocenters. The average molecular weight is 426 g/mol. The van der Waals surface area contributed by atoms with Crippen LogP contribution in [0.4, 0.5) is 5.69 Å². The normalized spacial score (nSPS) is 11.1. The number of hydrogen-bond donors (Lipinski definition) is 2. The molecule has 9 heteroatoms. The molecule has 4 rings (SSSR count). The fraction of sp³-hybridized carbons (Fsp3) is 0.200. The first-order valence-corrected chi connectivity index (χ1v) is 11.2. The third kappa shape index (κ3) is 4.99. The molecule has 0 unspecified atom stereocenters. The number of para-hydroxylation sites is 3. The minimum Gasteiger partial charge on any atom is -0.416 e. The van der Waals surface area contributed by atoms with Gasteiger partial charge in [-0.15, -0.1) is 22.0 Å². The third-order valence-corrected chi connectivity index (χ3v) is 5.78. The van der Waals surface area contributed by atoms with Crippen LogP contribution in [0.1, 0.15) is 11.7 Å². The monoisotopic (exact) mass is 425 g/mol. The summed E-state index contributed by atoms with van der Waals surface area (Å²) in [5.41, 5.74) is 2.76. The number of carbonyl (C=O) groups excluding carboxylic acids is 1. The molecule has 0 aliphatic carbocycles. The zero-order chi connectivity index (χ0) is 20.1. The second kappa shape index (κ2) is 9.15. The maximum atomic E-state index is 12.2. The van der Waals surface area contributed by atoms with Crippen LogP contribution < -0.4 is 5.32 Å². The van der Waals surface area contributed by atoms with Gasteiger partial charge in [-0.05, 0) is 30.5 Å². The van der Waals surface area contributed by atoms with Crippen LogP contribution in [-0.2, 0) is 17.6 Å². The molecule has 0 bridgehead atoms. The number of fused-ring (bicyclic) bond motifs is 1. The van der Waals surface area contributed by atoms with Crippen LogP contribution in [0.25, 0.3) is 11.0 Å². The highest BCUT2D eigenvalue weighted by atomic mass is 32.2. The number of anilines is 1. The van der Waals surface area contributed by atoms with Crippen LogP contribution in [0, 0.1) is 0 Å². The first kappa shape index (κ1) is 19.5. The summed E-state index contributed by atoms with van der Waals surface area (Å²) in [6.07, 6.45) is 3.23. The Morgan fingerprint density at radius 3 is 2.79 bits per heavy atom. The predicted molar refractivity (Wildman–Crippen MR) is 115 cm³/mol. The lowest BCUT2D eigenvalue weighted by Crippen LogP contribution is -2.14. The number of rotatable bonds is 8. The molecule has 0 spiro atoms. The molecule has 2 aromatic carbocycles. The van der Waals surface area contributed by atoms with Gasteiger partial charge in [0.25, 0.3) is 5.22 Å². The van der Waals surface area contributed by atoms with Crippen molar-refractivity contribution in [1.82, 2.24) is 20.2 Å². The fourth-order valence-corrected chi connectivity index (χ4v) is 3.94. The number of aryl methyl sites for hydroxylation is 2. The van der Waals surface area contributed by atoms with Gasteiger partial charge in [0.2, 0.25) is 11.8 Å². The van der Waals surface area contributed by atoms with Crippen molar-refractivity contribution < 1.29 is 9.21 Å². The molecule has 29 heavy (non-hydrogen) atoms. The van der Waals surface area contributed by atoms with E-state index in [-0.39, 0.29) is 11.7 Å². The van der Waals surface area contributed by atoms with Crippen molar-refractivity contribution in [2.45, 2.75) is 23.0 Å². The maximum Gasteiger partial charge on any atom is 0.277 e. The molecule has 2 heterocycles. The van der Waals surface area contributed by atoms with Gasteiger partial charge in [0.05, 0.1) is 22.5 Å². The summed E-state index contributed by atoms with van der Waals surface area (Å²) in [6.45, 7) is 0. The van der Waals surface area contributed by atoms with Crippen molar-refractivity contribution >= 4 is 46.2 Å². The van der Waals surface area contributed by atoms with Crippen LogP contribution >= 0.6 is 23.5 Å². The van der Waals surface area contributed by atoms with E-state index in [2.05, 4.69) is 25.5 Å². The Morgan fingerprint density at radius 2 is 1.93 bits per heavy atom. The summed E-state index contributed by atoms with van der Waals surface area (Å²) in [4.78, 5) is 21.1. The number of nitrogens with zero attached hydrogens (tertiary/aromatic N) is 3. The van der Waals surface area contributed by atoms with Gasteiger partial charge in [0.1, 0.15) is 5.82 Å². The second-order valence-electron chi connectivity index (χ2n) is 6.20. The Hall–Kier alpha value is -2.78. The van der Waals surface area contributed by atoms with Crippen LogP contribution in [0.5, 0.6) is 0 Å². The molecule has 0 aliphatic rings. The van der Waals surface area contributed by atoms with Crippen LogP contribution in [0.15, 0.2) is 63.1 Å². The molecule has 0 saturated heterocycles.